The van der Waals surface area contributed by atoms with Crippen LogP contribution in [0.1, 0.15) is 25.8 Å². The molecule has 0 aliphatic carbocycles. The Balaban J connectivity index is 2.06. The summed E-state index contributed by atoms with van der Waals surface area (Å²) in [7, 11) is 0.241. The highest BCUT2D eigenvalue weighted by molar-refractivity contribution is 7.89. The van der Waals surface area contributed by atoms with Gasteiger partial charge in [-0.1, -0.05) is 32.0 Å². The van der Waals surface area contributed by atoms with Gasteiger partial charge in [0.15, 0.2) is 5.96 Å². The van der Waals surface area contributed by atoms with E-state index in [1.54, 1.807) is 23.5 Å². The molecule has 2 N–H and O–H groups in total. The van der Waals surface area contributed by atoms with Gasteiger partial charge in [-0.3, -0.25) is 4.99 Å². The topological polar surface area (TPSA) is 77.0 Å². The third-order valence-electron chi connectivity index (χ3n) is 4.74. The molecule has 7 nitrogen and oxygen atoms in total. The molecule has 1 heterocycles. The van der Waals surface area contributed by atoms with Crippen molar-refractivity contribution >= 4 is 16.0 Å². The molecule has 1 aromatic carbocycles. The number of sulfonamides is 1. The lowest BCUT2D eigenvalue weighted by Crippen LogP contribution is -2.47. The maximum Gasteiger partial charge on any atom is 0.243 e. The summed E-state index contributed by atoms with van der Waals surface area (Å²) in [5.74, 6) is 1.30. The molecule has 2 rings (SSSR count). The smallest absolute Gasteiger partial charge is 0.243 e. The molecular weight excluding hydrogens is 362 g/mol. The number of hydrogen-bond acceptors (Lipinski definition) is 4. The van der Waals surface area contributed by atoms with Gasteiger partial charge >= 0.3 is 0 Å². The number of guanidine groups is 1. The van der Waals surface area contributed by atoms with Crippen molar-refractivity contribution in [1.82, 2.24) is 19.8 Å². The van der Waals surface area contributed by atoms with Crippen molar-refractivity contribution in [3.63, 3.8) is 0 Å². The van der Waals surface area contributed by atoms with Gasteiger partial charge in [0.2, 0.25) is 10.0 Å². The van der Waals surface area contributed by atoms with Gasteiger partial charge in [0.25, 0.3) is 0 Å². The summed E-state index contributed by atoms with van der Waals surface area (Å²) in [6.07, 6.45) is 1.05. The molecule has 152 valence electrons. The van der Waals surface area contributed by atoms with Gasteiger partial charge in [0, 0.05) is 46.3 Å². The molecule has 1 aliphatic rings. The summed E-state index contributed by atoms with van der Waals surface area (Å²) in [5, 5.41) is 6.50. The molecule has 1 aliphatic heterocycles. The van der Waals surface area contributed by atoms with Crippen LogP contribution >= 0.6 is 0 Å². The van der Waals surface area contributed by atoms with Crippen LogP contribution in [-0.2, 0) is 16.6 Å². The Morgan fingerprint density at radius 1 is 1.15 bits per heavy atom. The first-order valence-corrected chi connectivity index (χ1v) is 11.0. The van der Waals surface area contributed by atoms with Gasteiger partial charge in [-0.05, 0) is 31.0 Å². The first-order chi connectivity index (χ1) is 12.8. The Hall–Kier alpha value is -1.64. The Bertz CT molecular complexity index is 725. The van der Waals surface area contributed by atoms with Gasteiger partial charge in [-0.2, -0.15) is 4.31 Å². The van der Waals surface area contributed by atoms with Crippen LogP contribution in [-0.4, -0.2) is 70.4 Å². The molecule has 0 atom stereocenters. The molecule has 27 heavy (non-hydrogen) atoms. The summed E-state index contributed by atoms with van der Waals surface area (Å²) in [6.45, 7) is 8.16. The van der Waals surface area contributed by atoms with E-state index in [1.165, 1.54) is 0 Å². The van der Waals surface area contributed by atoms with Gasteiger partial charge in [0.05, 0.1) is 4.90 Å². The largest absolute Gasteiger partial charge is 0.356 e. The monoisotopic (exact) mass is 395 g/mol. The number of piperazine rings is 1. The third kappa shape index (κ3) is 6.19. The van der Waals surface area contributed by atoms with Gasteiger partial charge < -0.3 is 15.5 Å². The van der Waals surface area contributed by atoms with Crippen LogP contribution in [0.2, 0.25) is 0 Å². The maximum atomic E-state index is 13.1. The number of rotatable bonds is 7. The first kappa shape index (κ1) is 21.7. The van der Waals surface area contributed by atoms with Crippen molar-refractivity contribution in [2.45, 2.75) is 31.7 Å². The predicted molar refractivity (Wildman–Crippen MR) is 110 cm³/mol. The van der Waals surface area contributed by atoms with Crippen LogP contribution in [0.5, 0.6) is 0 Å². The molecule has 1 fully saturated rings. The van der Waals surface area contributed by atoms with Crippen LogP contribution in [0.15, 0.2) is 34.2 Å². The number of likely N-dealkylation sites (N-methyl/N-ethyl adjacent to an activating group) is 1. The standard InChI is InChI=1S/C19H33N5O2S/c1-16(2)9-10-21-19(20-3)22-15-17-7-5-6-8-18(17)27(25,26)24-13-11-23(4)12-14-24/h5-8,16H,9-15H2,1-4H3,(H2,20,21,22). The van der Waals surface area contributed by atoms with Crippen LogP contribution in [0.3, 0.4) is 0 Å². The minimum atomic E-state index is -3.49. The predicted octanol–water partition coefficient (Wildman–Crippen LogP) is 1.33. The number of benzene rings is 1. The van der Waals surface area contributed by atoms with E-state index in [0.717, 1.165) is 31.6 Å². The Labute approximate surface area is 163 Å². The van der Waals surface area contributed by atoms with E-state index in [2.05, 4.69) is 34.4 Å². The van der Waals surface area contributed by atoms with E-state index in [-0.39, 0.29) is 0 Å². The van der Waals surface area contributed by atoms with Crippen LogP contribution in [0.4, 0.5) is 0 Å². The number of nitrogens with zero attached hydrogens (tertiary/aromatic N) is 3. The molecule has 0 bridgehead atoms. The number of aliphatic imine (C=N–C) groups is 1. The fraction of sp³-hybridized carbons (Fsp3) is 0.632. The molecule has 0 saturated carbocycles. The van der Waals surface area contributed by atoms with Crippen molar-refractivity contribution in [3.05, 3.63) is 29.8 Å². The summed E-state index contributed by atoms with van der Waals surface area (Å²) in [6, 6.07) is 7.20. The van der Waals surface area contributed by atoms with Gasteiger partial charge in [-0.25, -0.2) is 8.42 Å². The van der Waals surface area contributed by atoms with Crippen molar-refractivity contribution in [3.8, 4) is 0 Å². The Kier molecular flexibility index (Phi) is 8.07. The third-order valence-corrected chi connectivity index (χ3v) is 6.74. The first-order valence-electron chi connectivity index (χ1n) is 9.55. The summed E-state index contributed by atoms with van der Waals surface area (Å²) in [5.41, 5.74) is 0.753. The molecule has 1 aromatic rings. The van der Waals surface area contributed by atoms with E-state index >= 15 is 0 Å². The van der Waals surface area contributed by atoms with Crippen LogP contribution in [0.25, 0.3) is 0 Å². The molecule has 0 amide bonds. The summed E-state index contributed by atoms with van der Waals surface area (Å²) < 4.78 is 27.8. The summed E-state index contributed by atoms with van der Waals surface area (Å²) >= 11 is 0. The fourth-order valence-corrected chi connectivity index (χ4v) is 4.59. The highest BCUT2D eigenvalue weighted by atomic mass is 32.2. The molecule has 0 spiro atoms. The zero-order valence-corrected chi connectivity index (χ0v) is 17.7. The van der Waals surface area contributed by atoms with E-state index in [9.17, 15) is 8.42 Å². The second-order valence-electron chi connectivity index (χ2n) is 7.35. The van der Waals surface area contributed by atoms with E-state index in [0.29, 0.717) is 36.4 Å². The zero-order chi connectivity index (χ0) is 19.9. The van der Waals surface area contributed by atoms with Crippen molar-refractivity contribution in [2.75, 3.05) is 46.8 Å². The lowest BCUT2D eigenvalue weighted by Gasteiger charge is -2.32. The normalized spacial score (nSPS) is 17.3. The molecule has 0 aromatic heterocycles. The fourth-order valence-electron chi connectivity index (χ4n) is 2.95. The van der Waals surface area contributed by atoms with Crippen molar-refractivity contribution in [2.24, 2.45) is 10.9 Å². The van der Waals surface area contributed by atoms with E-state index < -0.39 is 10.0 Å². The maximum absolute atomic E-state index is 13.1. The van der Waals surface area contributed by atoms with Crippen LogP contribution in [0, 0.1) is 5.92 Å². The minimum Gasteiger partial charge on any atom is -0.356 e. The Morgan fingerprint density at radius 2 is 1.81 bits per heavy atom. The average Bonchev–Trinajstić information content (AvgIpc) is 2.65. The number of hydrogen-bond donors (Lipinski definition) is 2. The van der Waals surface area contributed by atoms with Gasteiger partial charge in [0.1, 0.15) is 0 Å². The van der Waals surface area contributed by atoms with E-state index in [1.807, 2.05) is 19.2 Å². The molecule has 1 saturated heterocycles. The zero-order valence-electron chi connectivity index (χ0n) is 16.9. The Morgan fingerprint density at radius 3 is 2.44 bits per heavy atom. The second kappa shape index (κ2) is 10.1. The van der Waals surface area contributed by atoms with Crippen molar-refractivity contribution in [1.29, 1.82) is 0 Å². The highest BCUT2D eigenvalue weighted by Gasteiger charge is 2.29. The molecule has 8 heteroatoms. The second-order valence-corrected chi connectivity index (χ2v) is 9.26. The highest BCUT2D eigenvalue weighted by Crippen LogP contribution is 2.21. The van der Waals surface area contributed by atoms with E-state index in [4.69, 9.17) is 0 Å². The van der Waals surface area contributed by atoms with Gasteiger partial charge in [-0.15, -0.1) is 0 Å². The lowest BCUT2D eigenvalue weighted by molar-refractivity contribution is 0.222. The quantitative estimate of drug-likeness (QED) is 0.538. The SMILES string of the molecule is CN=C(NCCC(C)C)NCc1ccccc1S(=O)(=O)N1CCN(C)CC1. The lowest BCUT2D eigenvalue weighted by atomic mass is 10.1. The summed E-state index contributed by atoms with van der Waals surface area (Å²) in [4.78, 5) is 6.74. The van der Waals surface area contributed by atoms with Crippen molar-refractivity contribution < 1.29 is 8.42 Å². The average molecular weight is 396 g/mol. The van der Waals surface area contributed by atoms with Crippen LogP contribution < -0.4 is 10.6 Å². The minimum absolute atomic E-state index is 0.375. The molecular formula is C19H33N5O2S. The molecule has 0 unspecified atom stereocenters. The number of nitrogens with one attached hydrogen (secondary N) is 2. The molecule has 0 radical (unpaired) electrons.